The molecule has 138 valence electrons. The van der Waals surface area contributed by atoms with Gasteiger partial charge in [0.25, 0.3) is 5.56 Å². The lowest BCUT2D eigenvalue weighted by atomic mass is 10.0. The molecule has 0 radical (unpaired) electrons. The first-order chi connectivity index (χ1) is 12.6. The molecule has 0 unspecified atom stereocenters. The van der Waals surface area contributed by atoms with Crippen LogP contribution in [0, 0.1) is 0 Å². The van der Waals surface area contributed by atoms with Gasteiger partial charge in [-0.25, -0.2) is 9.89 Å². The first-order valence-corrected chi connectivity index (χ1v) is 8.66. The molecule has 1 aliphatic heterocycles. The molecule has 26 heavy (non-hydrogen) atoms. The predicted octanol–water partition coefficient (Wildman–Crippen LogP) is 1.99. The molecule has 1 aliphatic rings. The Morgan fingerprint density at radius 3 is 2.65 bits per heavy atom. The molecule has 0 fully saturated rings. The van der Waals surface area contributed by atoms with Gasteiger partial charge in [0.1, 0.15) is 13.2 Å². The summed E-state index contributed by atoms with van der Waals surface area (Å²) < 4.78 is 10.9. The fourth-order valence-corrected chi connectivity index (χ4v) is 2.93. The molecule has 8 nitrogen and oxygen atoms in total. The Bertz CT molecular complexity index is 863. The van der Waals surface area contributed by atoms with Crippen LogP contribution in [0.2, 0.25) is 0 Å². The topological polar surface area (TPSA) is 105 Å². The van der Waals surface area contributed by atoms with Gasteiger partial charge in [-0.1, -0.05) is 13.8 Å². The van der Waals surface area contributed by atoms with E-state index < -0.39 is 6.03 Å². The van der Waals surface area contributed by atoms with Gasteiger partial charge in [0.15, 0.2) is 11.5 Å². The van der Waals surface area contributed by atoms with Gasteiger partial charge in [-0.15, -0.1) is 0 Å². The van der Waals surface area contributed by atoms with E-state index in [2.05, 4.69) is 20.8 Å². The van der Waals surface area contributed by atoms with Crippen molar-refractivity contribution in [2.75, 3.05) is 18.5 Å². The normalized spacial score (nSPS) is 12.5. The minimum Gasteiger partial charge on any atom is -0.486 e. The number of hydrogen-bond acceptors (Lipinski definition) is 5. The second-order valence-electron chi connectivity index (χ2n) is 5.83. The number of hydrogen-bond donors (Lipinski definition) is 3. The minimum atomic E-state index is -0.405. The standard InChI is InChI=1S/C18H22N4O4/c1-3-12-13(17(23)22-21-14(12)4-2)10-19-18(24)20-11-5-6-15-16(9-11)26-8-7-25-15/h5-6,9H,3-4,7-8,10H2,1-2H3,(H,22,23)(H2,19,20,24). The molecule has 8 heteroatoms. The van der Waals surface area contributed by atoms with E-state index in [1.54, 1.807) is 18.2 Å². The first kappa shape index (κ1) is 17.8. The maximum atomic E-state index is 12.2. The maximum Gasteiger partial charge on any atom is 0.319 e. The predicted molar refractivity (Wildman–Crippen MR) is 96.9 cm³/mol. The van der Waals surface area contributed by atoms with E-state index in [1.807, 2.05) is 13.8 Å². The first-order valence-electron chi connectivity index (χ1n) is 8.66. The lowest BCUT2D eigenvalue weighted by Crippen LogP contribution is -2.32. The zero-order chi connectivity index (χ0) is 18.5. The van der Waals surface area contributed by atoms with Crippen LogP contribution in [0.25, 0.3) is 0 Å². The summed E-state index contributed by atoms with van der Waals surface area (Å²) in [5.74, 6) is 1.26. The number of anilines is 1. The Morgan fingerprint density at radius 2 is 1.92 bits per heavy atom. The van der Waals surface area contributed by atoms with Gasteiger partial charge in [0.05, 0.1) is 12.2 Å². The number of benzene rings is 1. The molecular weight excluding hydrogens is 336 g/mol. The Kier molecular flexibility index (Phi) is 5.40. The molecular formula is C18H22N4O4. The number of rotatable bonds is 5. The number of nitrogens with zero attached hydrogens (tertiary/aromatic N) is 1. The van der Waals surface area contributed by atoms with Crippen molar-refractivity contribution in [2.45, 2.75) is 33.2 Å². The molecule has 3 N–H and O–H groups in total. The molecule has 0 saturated carbocycles. The third-order valence-corrected chi connectivity index (χ3v) is 4.19. The molecule has 1 aromatic carbocycles. The Morgan fingerprint density at radius 1 is 1.15 bits per heavy atom. The van der Waals surface area contributed by atoms with Gasteiger partial charge >= 0.3 is 6.03 Å². The van der Waals surface area contributed by atoms with Crippen LogP contribution in [0.3, 0.4) is 0 Å². The van der Waals surface area contributed by atoms with E-state index >= 15 is 0 Å². The van der Waals surface area contributed by atoms with Gasteiger partial charge in [0, 0.05) is 17.3 Å². The molecule has 0 aliphatic carbocycles. The number of nitrogens with one attached hydrogen (secondary N) is 3. The van der Waals surface area contributed by atoms with E-state index in [0.717, 1.165) is 17.7 Å². The van der Waals surface area contributed by atoms with Crippen molar-refractivity contribution in [3.05, 3.63) is 45.4 Å². The van der Waals surface area contributed by atoms with Gasteiger partial charge in [-0.3, -0.25) is 4.79 Å². The summed E-state index contributed by atoms with van der Waals surface area (Å²) in [7, 11) is 0. The number of fused-ring (bicyclic) bond motifs is 1. The van der Waals surface area contributed by atoms with Crippen LogP contribution >= 0.6 is 0 Å². The minimum absolute atomic E-state index is 0.129. The third-order valence-electron chi connectivity index (χ3n) is 4.19. The summed E-state index contributed by atoms with van der Waals surface area (Å²) >= 11 is 0. The van der Waals surface area contributed by atoms with Crippen LogP contribution in [-0.4, -0.2) is 29.4 Å². The van der Waals surface area contributed by atoms with Crippen LogP contribution in [0.4, 0.5) is 10.5 Å². The maximum absolute atomic E-state index is 12.2. The van der Waals surface area contributed by atoms with Gasteiger partial charge in [-0.05, 0) is 30.5 Å². The summed E-state index contributed by atoms with van der Waals surface area (Å²) in [4.78, 5) is 24.3. The lowest BCUT2D eigenvalue weighted by Gasteiger charge is -2.19. The number of amides is 2. The number of ether oxygens (including phenoxy) is 2. The summed E-state index contributed by atoms with van der Waals surface area (Å²) in [6.45, 7) is 5.07. The molecule has 0 bridgehead atoms. The monoisotopic (exact) mass is 358 g/mol. The van der Waals surface area contributed by atoms with Crippen molar-refractivity contribution in [1.82, 2.24) is 15.5 Å². The lowest BCUT2D eigenvalue weighted by molar-refractivity contribution is 0.171. The molecule has 1 aromatic heterocycles. The highest BCUT2D eigenvalue weighted by Crippen LogP contribution is 2.32. The van der Waals surface area contributed by atoms with Crippen molar-refractivity contribution in [1.29, 1.82) is 0 Å². The SMILES string of the molecule is CCc1n[nH]c(=O)c(CNC(=O)Nc2ccc3c(c2)OCCO3)c1CC. The van der Waals surface area contributed by atoms with Gasteiger partial charge < -0.3 is 20.1 Å². The van der Waals surface area contributed by atoms with Gasteiger partial charge in [0.2, 0.25) is 0 Å². The molecule has 0 saturated heterocycles. The Balaban J connectivity index is 1.67. The second kappa shape index (κ2) is 7.90. The molecule has 0 spiro atoms. The van der Waals surface area contributed by atoms with Crippen molar-refractivity contribution in [2.24, 2.45) is 0 Å². The Labute approximate surface area is 150 Å². The number of aryl methyl sites for hydroxylation is 1. The van der Waals surface area contributed by atoms with E-state index in [1.165, 1.54) is 0 Å². The summed E-state index contributed by atoms with van der Waals surface area (Å²) in [6, 6.07) is 4.79. The highest BCUT2D eigenvalue weighted by Gasteiger charge is 2.15. The van der Waals surface area contributed by atoms with Crippen molar-refractivity contribution in [3.63, 3.8) is 0 Å². The molecule has 3 rings (SSSR count). The highest BCUT2D eigenvalue weighted by atomic mass is 16.6. The summed E-state index contributed by atoms with van der Waals surface area (Å²) in [5, 5.41) is 12.0. The summed E-state index contributed by atoms with van der Waals surface area (Å²) in [6.07, 6.45) is 1.40. The number of H-pyrrole nitrogens is 1. The summed E-state index contributed by atoms with van der Waals surface area (Å²) in [5.41, 5.74) is 2.57. The average molecular weight is 358 g/mol. The molecule has 2 heterocycles. The molecule has 2 aromatic rings. The smallest absolute Gasteiger partial charge is 0.319 e. The van der Waals surface area contributed by atoms with Crippen LogP contribution in [0.5, 0.6) is 11.5 Å². The van der Waals surface area contributed by atoms with E-state index in [-0.39, 0.29) is 12.1 Å². The number of aromatic amines is 1. The highest BCUT2D eigenvalue weighted by molar-refractivity contribution is 5.89. The fraction of sp³-hybridized carbons (Fsp3) is 0.389. The van der Waals surface area contributed by atoms with Crippen LogP contribution in [-0.2, 0) is 19.4 Å². The Hall–Kier alpha value is -3.03. The van der Waals surface area contributed by atoms with Crippen molar-refractivity contribution < 1.29 is 14.3 Å². The second-order valence-corrected chi connectivity index (χ2v) is 5.83. The zero-order valence-corrected chi connectivity index (χ0v) is 14.8. The van der Waals surface area contributed by atoms with E-state index in [0.29, 0.717) is 42.4 Å². The number of carbonyl (C=O) groups excluding carboxylic acids is 1. The van der Waals surface area contributed by atoms with Crippen molar-refractivity contribution >= 4 is 11.7 Å². The number of urea groups is 1. The quantitative estimate of drug-likeness (QED) is 0.758. The zero-order valence-electron chi connectivity index (χ0n) is 14.8. The fourth-order valence-electron chi connectivity index (χ4n) is 2.93. The van der Waals surface area contributed by atoms with Crippen molar-refractivity contribution in [3.8, 4) is 11.5 Å². The average Bonchev–Trinajstić information content (AvgIpc) is 2.66. The van der Waals surface area contributed by atoms with Crippen LogP contribution < -0.4 is 25.7 Å². The van der Waals surface area contributed by atoms with Crippen LogP contribution in [0.15, 0.2) is 23.0 Å². The van der Waals surface area contributed by atoms with Crippen LogP contribution in [0.1, 0.15) is 30.7 Å². The largest absolute Gasteiger partial charge is 0.486 e. The molecule has 2 amide bonds. The molecule has 0 atom stereocenters. The van der Waals surface area contributed by atoms with E-state index in [4.69, 9.17) is 9.47 Å². The third kappa shape index (κ3) is 3.79. The number of carbonyl (C=O) groups is 1. The van der Waals surface area contributed by atoms with Gasteiger partial charge in [-0.2, -0.15) is 5.10 Å². The van der Waals surface area contributed by atoms with E-state index in [9.17, 15) is 9.59 Å². The number of aromatic nitrogens is 2.